The summed E-state index contributed by atoms with van der Waals surface area (Å²) in [6, 6.07) is 1.85. The van der Waals surface area contributed by atoms with E-state index < -0.39 is 0 Å². The van der Waals surface area contributed by atoms with Crippen molar-refractivity contribution in [1.82, 2.24) is 9.78 Å². The van der Waals surface area contributed by atoms with E-state index in [1.165, 1.54) is 0 Å². The second-order valence-corrected chi connectivity index (χ2v) is 5.01. The standard InChI is InChI=1S/C11H16N2OS/c1-2-6-13-10(3-5-12-13)11(14)9-4-7-15-8-9/h3,5,9H,2,4,6-8H2,1H3. The fourth-order valence-electron chi connectivity index (χ4n) is 1.88. The molecule has 3 nitrogen and oxygen atoms in total. The quantitative estimate of drug-likeness (QED) is 0.736. The number of carbonyl (C=O) groups is 1. The summed E-state index contributed by atoms with van der Waals surface area (Å²) < 4.78 is 1.84. The number of nitrogens with zero attached hydrogens (tertiary/aromatic N) is 2. The second kappa shape index (κ2) is 4.84. The van der Waals surface area contributed by atoms with E-state index in [2.05, 4.69) is 12.0 Å². The lowest BCUT2D eigenvalue weighted by molar-refractivity contribution is 0.0922. The summed E-state index contributed by atoms with van der Waals surface area (Å²) in [5.41, 5.74) is 0.796. The zero-order valence-electron chi connectivity index (χ0n) is 8.98. The molecule has 0 bridgehead atoms. The van der Waals surface area contributed by atoms with E-state index in [-0.39, 0.29) is 11.7 Å². The van der Waals surface area contributed by atoms with Gasteiger partial charge in [0.1, 0.15) is 5.69 Å². The molecule has 1 aliphatic rings. The first-order valence-electron chi connectivity index (χ1n) is 5.46. The van der Waals surface area contributed by atoms with Gasteiger partial charge in [0.15, 0.2) is 5.78 Å². The Morgan fingerprint density at radius 1 is 1.73 bits per heavy atom. The first kappa shape index (κ1) is 10.7. The number of hydrogen-bond acceptors (Lipinski definition) is 3. The molecule has 0 radical (unpaired) electrons. The van der Waals surface area contributed by atoms with Gasteiger partial charge in [-0.3, -0.25) is 9.48 Å². The molecule has 0 aliphatic carbocycles. The van der Waals surface area contributed by atoms with Gasteiger partial charge in [0.25, 0.3) is 0 Å². The van der Waals surface area contributed by atoms with Gasteiger partial charge in [-0.2, -0.15) is 16.9 Å². The van der Waals surface area contributed by atoms with Gasteiger partial charge in [-0.15, -0.1) is 0 Å². The second-order valence-electron chi connectivity index (χ2n) is 3.86. The molecule has 2 heterocycles. The highest BCUT2D eigenvalue weighted by atomic mass is 32.2. The highest BCUT2D eigenvalue weighted by Gasteiger charge is 2.26. The van der Waals surface area contributed by atoms with Gasteiger partial charge >= 0.3 is 0 Å². The van der Waals surface area contributed by atoms with Crippen LogP contribution in [0, 0.1) is 5.92 Å². The van der Waals surface area contributed by atoms with Crippen LogP contribution in [0.25, 0.3) is 0 Å². The van der Waals surface area contributed by atoms with E-state index in [9.17, 15) is 4.79 Å². The van der Waals surface area contributed by atoms with Crippen molar-refractivity contribution in [2.45, 2.75) is 26.3 Å². The van der Waals surface area contributed by atoms with Crippen LogP contribution in [0.4, 0.5) is 0 Å². The highest BCUT2D eigenvalue weighted by molar-refractivity contribution is 7.99. The molecule has 1 aromatic heterocycles. The van der Waals surface area contributed by atoms with E-state index in [0.29, 0.717) is 0 Å². The lowest BCUT2D eigenvalue weighted by Gasteiger charge is -2.09. The fraction of sp³-hybridized carbons (Fsp3) is 0.636. The van der Waals surface area contributed by atoms with Gasteiger partial charge in [-0.1, -0.05) is 6.92 Å². The Bertz CT molecular complexity index is 342. The number of aromatic nitrogens is 2. The first-order chi connectivity index (χ1) is 7.33. The minimum Gasteiger partial charge on any atom is -0.292 e. The minimum absolute atomic E-state index is 0.224. The van der Waals surface area contributed by atoms with Gasteiger partial charge in [0.2, 0.25) is 0 Å². The number of Topliss-reactive ketones (excluding diaryl/α,β-unsaturated/α-hetero) is 1. The number of hydrogen-bond donors (Lipinski definition) is 0. The van der Waals surface area contributed by atoms with Crippen LogP contribution in [0.3, 0.4) is 0 Å². The molecule has 0 saturated carbocycles. The molecule has 1 atom stereocenters. The lowest BCUT2D eigenvalue weighted by atomic mass is 10.0. The molecule has 1 fully saturated rings. The number of carbonyl (C=O) groups excluding carboxylic acids is 1. The predicted molar refractivity (Wildman–Crippen MR) is 62.3 cm³/mol. The molecule has 1 unspecified atom stereocenters. The average molecular weight is 224 g/mol. The third-order valence-corrected chi connectivity index (χ3v) is 3.87. The van der Waals surface area contributed by atoms with Crippen molar-refractivity contribution in [3.63, 3.8) is 0 Å². The van der Waals surface area contributed by atoms with Crippen molar-refractivity contribution in [1.29, 1.82) is 0 Å². The molecule has 1 aromatic rings. The van der Waals surface area contributed by atoms with Gasteiger partial charge in [0, 0.05) is 24.4 Å². The molecule has 15 heavy (non-hydrogen) atoms. The van der Waals surface area contributed by atoms with Crippen LogP contribution in [0.5, 0.6) is 0 Å². The summed E-state index contributed by atoms with van der Waals surface area (Å²) >= 11 is 1.88. The zero-order chi connectivity index (χ0) is 10.7. The topological polar surface area (TPSA) is 34.9 Å². The summed E-state index contributed by atoms with van der Waals surface area (Å²) in [6.45, 7) is 2.94. The van der Waals surface area contributed by atoms with Gasteiger partial charge in [0.05, 0.1) is 0 Å². The molecular weight excluding hydrogens is 208 g/mol. The molecule has 0 amide bonds. The number of ketones is 1. The van der Waals surface area contributed by atoms with E-state index in [1.807, 2.05) is 22.5 Å². The van der Waals surface area contributed by atoms with Crippen LogP contribution in [0.15, 0.2) is 12.3 Å². The van der Waals surface area contributed by atoms with Crippen LogP contribution < -0.4 is 0 Å². The van der Waals surface area contributed by atoms with E-state index in [0.717, 1.165) is 36.6 Å². The van der Waals surface area contributed by atoms with Crippen LogP contribution in [0.1, 0.15) is 30.3 Å². The maximum absolute atomic E-state index is 12.1. The van der Waals surface area contributed by atoms with Crippen molar-refractivity contribution in [3.05, 3.63) is 18.0 Å². The summed E-state index contributed by atoms with van der Waals surface area (Å²) in [7, 11) is 0. The van der Waals surface area contributed by atoms with Crippen molar-refractivity contribution < 1.29 is 4.79 Å². The minimum atomic E-state index is 0.224. The van der Waals surface area contributed by atoms with E-state index in [1.54, 1.807) is 6.20 Å². The highest BCUT2D eigenvalue weighted by Crippen LogP contribution is 2.26. The average Bonchev–Trinajstić information content (AvgIpc) is 2.87. The predicted octanol–water partition coefficient (Wildman–Crippen LogP) is 2.23. The first-order valence-corrected chi connectivity index (χ1v) is 6.62. The van der Waals surface area contributed by atoms with Crippen LogP contribution >= 0.6 is 11.8 Å². The maximum atomic E-state index is 12.1. The zero-order valence-corrected chi connectivity index (χ0v) is 9.80. The SMILES string of the molecule is CCCn1nccc1C(=O)C1CCSC1. The summed E-state index contributed by atoms with van der Waals surface area (Å²) in [4.78, 5) is 12.1. The Kier molecular flexibility index (Phi) is 3.46. The third-order valence-electron chi connectivity index (χ3n) is 2.70. The van der Waals surface area contributed by atoms with Crippen LogP contribution in [-0.4, -0.2) is 27.1 Å². The normalized spacial score (nSPS) is 20.7. The molecule has 0 aromatic carbocycles. The van der Waals surface area contributed by atoms with Crippen molar-refractivity contribution in [3.8, 4) is 0 Å². The molecule has 4 heteroatoms. The molecule has 2 rings (SSSR count). The van der Waals surface area contributed by atoms with Gasteiger partial charge in [-0.25, -0.2) is 0 Å². The molecule has 0 spiro atoms. The molecule has 1 aliphatic heterocycles. The Morgan fingerprint density at radius 3 is 3.27 bits per heavy atom. The largest absolute Gasteiger partial charge is 0.292 e. The summed E-state index contributed by atoms with van der Waals surface area (Å²) in [6.07, 6.45) is 3.77. The Labute approximate surface area is 94.2 Å². The summed E-state index contributed by atoms with van der Waals surface area (Å²) in [5.74, 6) is 2.61. The Morgan fingerprint density at radius 2 is 2.60 bits per heavy atom. The number of aryl methyl sites for hydroxylation is 1. The van der Waals surface area contributed by atoms with Gasteiger partial charge in [-0.05, 0) is 24.7 Å². The maximum Gasteiger partial charge on any atom is 0.184 e. The van der Waals surface area contributed by atoms with Crippen molar-refractivity contribution in [2.24, 2.45) is 5.92 Å². The molecular formula is C11H16N2OS. The lowest BCUT2D eigenvalue weighted by Crippen LogP contribution is -2.18. The number of thioether (sulfide) groups is 1. The summed E-state index contributed by atoms with van der Waals surface area (Å²) in [5, 5.41) is 4.19. The van der Waals surface area contributed by atoms with E-state index >= 15 is 0 Å². The van der Waals surface area contributed by atoms with Crippen LogP contribution in [-0.2, 0) is 6.54 Å². The van der Waals surface area contributed by atoms with Crippen LogP contribution in [0.2, 0.25) is 0 Å². The van der Waals surface area contributed by atoms with Gasteiger partial charge < -0.3 is 0 Å². The van der Waals surface area contributed by atoms with E-state index in [4.69, 9.17) is 0 Å². The number of rotatable bonds is 4. The Balaban J connectivity index is 2.13. The monoisotopic (exact) mass is 224 g/mol. The molecule has 82 valence electrons. The van der Waals surface area contributed by atoms with Crippen molar-refractivity contribution in [2.75, 3.05) is 11.5 Å². The fourth-order valence-corrected chi connectivity index (χ4v) is 3.10. The Hall–Kier alpha value is -0.770. The van der Waals surface area contributed by atoms with Crippen molar-refractivity contribution >= 4 is 17.5 Å². The third kappa shape index (κ3) is 2.25. The smallest absolute Gasteiger partial charge is 0.184 e. The molecule has 1 saturated heterocycles. The molecule has 0 N–H and O–H groups in total.